The summed E-state index contributed by atoms with van der Waals surface area (Å²) in [7, 11) is 0. The first-order chi connectivity index (χ1) is 8.25. The molecule has 3 aromatic rings. The van der Waals surface area contributed by atoms with Gasteiger partial charge in [0.2, 0.25) is 0 Å². The molecule has 0 unspecified atom stereocenters. The van der Waals surface area contributed by atoms with E-state index in [2.05, 4.69) is 15.0 Å². The second-order valence-corrected chi connectivity index (χ2v) is 3.51. The van der Waals surface area contributed by atoms with E-state index in [1.165, 1.54) is 29.1 Å². The first-order valence-corrected chi connectivity index (χ1v) is 4.97. The van der Waals surface area contributed by atoms with E-state index < -0.39 is 0 Å². The van der Waals surface area contributed by atoms with Crippen LogP contribution >= 0.6 is 0 Å². The number of fused-ring (bicyclic) bond motifs is 1. The number of aromatic nitrogens is 4. The van der Waals surface area contributed by atoms with Crippen molar-refractivity contribution < 1.29 is 5.11 Å². The van der Waals surface area contributed by atoms with E-state index in [-0.39, 0.29) is 11.4 Å². The quantitative estimate of drug-likeness (QED) is 0.645. The number of hydrogen-bond acceptors (Lipinski definition) is 4. The summed E-state index contributed by atoms with van der Waals surface area (Å²) in [5, 5.41) is 9.21. The summed E-state index contributed by atoms with van der Waals surface area (Å²) < 4.78 is 1.40. The van der Waals surface area contributed by atoms with Gasteiger partial charge in [0.25, 0.3) is 0 Å². The topological polar surface area (TPSA) is 83.8 Å². The number of phenolic OH excluding ortho intramolecular Hbond substituents is 1. The average Bonchev–Trinajstić information content (AvgIpc) is 2.66. The van der Waals surface area contributed by atoms with Crippen molar-refractivity contribution in [1.29, 1.82) is 0 Å². The van der Waals surface area contributed by atoms with E-state index in [1.807, 2.05) is 0 Å². The third kappa shape index (κ3) is 1.46. The van der Waals surface area contributed by atoms with Gasteiger partial charge in [-0.15, -0.1) is 0 Å². The third-order valence-electron chi connectivity index (χ3n) is 2.43. The highest BCUT2D eigenvalue weighted by Crippen LogP contribution is 2.15. The molecule has 2 heterocycles. The molecule has 6 heteroatoms. The van der Waals surface area contributed by atoms with Gasteiger partial charge in [-0.25, -0.2) is 19.3 Å². The number of aromatic hydroxyl groups is 1. The minimum absolute atomic E-state index is 0.146. The molecule has 0 fully saturated rings. The molecule has 0 saturated carbocycles. The lowest BCUT2D eigenvalue weighted by atomic mass is 10.3. The summed E-state index contributed by atoms with van der Waals surface area (Å²) in [6.07, 6.45) is 3.03. The molecule has 0 aliphatic carbocycles. The Bertz CT molecular complexity index is 727. The second-order valence-electron chi connectivity index (χ2n) is 3.51. The van der Waals surface area contributed by atoms with E-state index in [0.717, 1.165) is 0 Å². The maximum Gasteiger partial charge on any atom is 0.333 e. The molecule has 17 heavy (non-hydrogen) atoms. The highest BCUT2D eigenvalue weighted by atomic mass is 16.3. The number of phenols is 1. The van der Waals surface area contributed by atoms with Crippen LogP contribution in [0.25, 0.3) is 17.0 Å². The maximum absolute atomic E-state index is 11.8. The van der Waals surface area contributed by atoms with Crippen LogP contribution in [0, 0.1) is 0 Å². The minimum Gasteiger partial charge on any atom is -0.508 e. The predicted octanol–water partition coefficient (Wildman–Crippen LogP) is 0.814. The monoisotopic (exact) mass is 228 g/mol. The Morgan fingerprint density at radius 2 is 1.82 bits per heavy atom. The van der Waals surface area contributed by atoms with E-state index in [1.54, 1.807) is 12.1 Å². The molecule has 1 aromatic carbocycles. The first-order valence-electron chi connectivity index (χ1n) is 4.97. The lowest BCUT2D eigenvalue weighted by Gasteiger charge is -2.01. The molecular formula is C11H8N4O2. The van der Waals surface area contributed by atoms with Gasteiger partial charge in [-0.2, -0.15) is 0 Å². The number of aromatic amines is 1. The summed E-state index contributed by atoms with van der Waals surface area (Å²) >= 11 is 0. The van der Waals surface area contributed by atoms with Crippen molar-refractivity contribution in [2.24, 2.45) is 0 Å². The van der Waals surface area contributed by atoms with Crippen molar-refractivity contribution in [2.45, 2.75) is 0 Å². The molecule has 2 aromatic heterocycles. The molecule has 0 atom stereocenters. The number of H-pyrrole nitrogens is 1. The third-order valence-corrected chi connectivity index (χ3v) is 2.43. The van der Waals surface area contributed by atoms with Gasteiger partial charge >= 0.3 is 5.69 Å². The zero-order valence-electron chi connectivity index (χ0n) is 8.66. The Hall–Kier alpha value is -2.63. The largest absolute Gasteiger partial charge is 0.508 e. The summed E-state index contributed by atoms with van der Waals surface area (Å²) in [5.41, 5.74) is 1.21. The fourth-order valence-corrected chi connectivity index (χ4v) is 1.68. The summed E-state index contributed by atoms with van der Waals surface area (Å²) in [6, 6.07) is 6.30. The Labute approximate surface area is 95.2 Å². The number of hydrogen-bond donors (Lipinski definition) is 2. The number of rotatable bonds is 1. The van der Waals surface area contributed by atoms with Gasteiger partial charge in [-0.05, 0) is 24.3 Å². The number of benzene rings is 1. The fourth-order valence-electron chi connectivity index (χ4n) is 1.68. The molecule has 84 valence electrons. The van der Waals surface area contributed by atoms with Crippen molar-refractivity contribution in [3.05, 3.63) is 47.1 Å². The molecule has 0 radical (unpaired) electrons. The molecule has 0 spiro atoms. The van der Waals surface area contributed by atoms with Crippen LogP contribution in [0.5, 0.6) is 5.75 Å². The standard InChI is InChI=1S/C11H8N4O2/c16-8-3-1-7(2-4-8)15-10-9(14-11(15)17)12-5-6-13-10/h1-6,16H,(H,12,14,17). The summed E-state index contributed by atoms with van der Waals surface area (Å²) in [4.78, 5) is 22.5. The van der Waals surface area contributed by atoms with Crippen molar-refractivity contribution in [3.63, 3.8) is 0 Å². The Balaban J connectivity index is 2.33. The predicted molar refractivity (Wildman–Crippen MR) is 61.2 cm³/mol. The Kier molecular flexibility index (Phi) is 1.94. The zero-order valence-corrected chi connectivity index (χ0v) is 8.66. The van der Waals surface area contributed by atoms with E-state index in [4.69, 9.17) is 0 Å². The van der Waals surface area contributed by atoms with Crippen LogP contribution in [0.15, 0.2) is 41.5 Å². The van der Waals surface area contributed by atoms with Crippen molar-refractivity contribution in [1.82, 2.24) is 19.5 Å². The lowest BCUT2D eigenvalue weighted by Crippen LogP contribution is -2.14. The van der Waals surface area contributed by atoms with Gasteiger partial charge < -0.3 is 5.11 Å². The highest BCUT2D eigenvalue weighted by Gasteiger charge is 2.09. The van der Waals surface area contributed by atoms with Gasteiger partial charge in [0.1, 0.15) is 5.75 Å². The second kappa shape index (κ2) is 3.44. The van der Waals surface area contributed by atoms with Crippen LogP contribution in [-0.2, 0) is 0 Å². The van der Waals surface area contributed by atoms with Crippen LogP contribution in [0.4, 0.5) is 0 Å². The zero-order chi connectivity index (χ0) is 11.8. The number of nitrogens with zero attached hydrogens (tertiary/aromatic N) is 3. The van der Waals surface area contributed by atoms with Gasteiger partial charge in [0.05, 0.1) is 5.69 Å². The molecule has 0 amide bonds. The van der Waals surface area contributed by atoms with Gasteiger partial charge in [-0.3, -0.25) is 4.98 Å². The number of imidazole rings is 1. The molecule has 0 bridgehead atoms. The van der Waals surface area contributed by atoms with Crippen molar-refractivity contribution in [2.75, 3.05) is 0 Å². The van der Waals surface area contributed by atoms with Crippen LogP contribution in [-0.4, -0.2) is 24.6 Å². The summed E-state index contributed by atoms with van der Waals surface area (Å²) in [6.45, 7) is 0. The van der Waals surface area contributed by atoms with E-state index >= 15 is 0 Å². The van der Waals surface area contributed by atoms with Gasteiger partial charge in [-0.1, -0.05) is 0 Å². The highest BCUT2D eigenvalue weighted by molar-refractivity contribution is 5.67. The molecule has 2 N–H and O–H groups in total. The van der Waals surface area contributed by atoms with Crippen LogP contribution in [0.1, 0.15) is 0 Å². The number of nitrogens with one attached hydrogen (secondary N) is 1. The molecule has 3 rings (SSSR count). The Morgan fingerprint density at radius 3 is 2.59 bits per heavy atom. The molecule has 0 aliphatic rings. The van der Waals surface area contributed by atoms with Crippen molar-refractivity contribution >= 4 is 11.3 Å². The van der Waals surface area contributed by atoms with Crippen molar-refractivity contribution in [3.8, 4) is 11.4 Å². The van der Waals surface area contributed by atoms with Gasteiger partial charge in [0.15, 0.2) is 11.3 Å². The van der Waals surface area contributed by atoms with Gasteiger partial charge in [0, 0.05) is 12.4 Å². The molecule has 0 saturated heterocycles. The molecule has 0 aliphatic heterocycles. The fraction of sp³-hybridized carbons (Fsp3) is 0. The van der Waals surface area contributed by atoms with Crippen LogP contribution in [0.2, 0.25) is 0 Å². The lowest BCUT2D eigenvalue weighted by molar-refractivity contribution is 0.475. The normalized spacial score (nSPS) is 10.8. The minimum atomic E-state index is -0.308. The van der Waals surface area contributed by atoms with E-state index in [9.17, 15) is 9.90 Å². The molecule has 6 nitrogen and oxygen atoms in total. The average molecular weight is 228 g/mol. The summed E-state index contributed by atoms with van der Waals surface area (Å²) in [5.74, 6) is 0.146. The van der Waals surface area contributed by atoms with Crippen LogP contribution in [0.3, 0.4) is 0 Å². The van der Waals surface area contributed by atoms with E-state index in [0.29, 0.717) is 17.0 Å². The first kappa shape index (κ1) is 9.59. The maximum atomic E-state index is 11.8. The molecular weight excluding hydrogens is 220 g/mol. The SMILES string of the molecule is O=c1[nH]c2nccnc2n1-c1ccc(O)cc1. The van der Waals surface area contributed by atoms with Crippen LogP contribution < -0.4 is 5.69 Å². The smallest absolute Gasteiger partial charge is 0.333 e. The Morgan fingerprint density at radius 1 is 1.12 bits per heavy atom.